The quantitative estimate of drug-likeness (QED) is 0.884. The van der Waals surface area contributed by atoms with E-state index in [0.29, 0.717) is 17.2 Å². The zero-order valence-electron chi connectivity index (χ0n) is 11.1. The van der Waals surface area contributed by atoms with E-state index in [0.717, 1.165) is 0 Å². The standard InChI is InChI=1S/C14H12F2N2O3/c1-19-9-4-5-13(21-14(15)16)12(6-9)18-8-11-3-2-10(7-17)20-11/h2-6,14,18H,8H2,1H3. The summed E-state index contributed by atoms with van der Waals surface area (Å²) in [6.07, 6.45) is 0. The normalized spacial score (nSPS) is 10.2. The Morgan fingerprint density at radius 3 is 2.76 bits per heavy atom. The van der Waals surface area contributed by atoms with Gasteiger partial charge in [-0.25, -0.2) is 0 Å². The Kier molecular flexibility index (Phi) is 4.61. The summed E-state index contributed by atoms with van der Waals surface area (Å²) < 4.78 is 39.4. The van der Waals surface area contributed by atoms with Crippen molar-refractivity contribution in [3.63, 3.8) is 0 Å². The number of alkyl halides is 2. The van der Waals surface area contributed by atoms with Crippen molar-refractivity contribution in [2.45, 2.75) is 13.2 Å². The predicted octanol–water partition coefficient (Wildman–Crippen LogP) is 3.37. The maximum absolute atomic E-state index is 12.4. The number of nitrogens with zero attached hydrogens (tertiary/aromatic N) is 1. The summed E-state index contributed by atoms with van der Waals surface area (Å²) >= 11 is 0. The minimum Gasteiger partial charge on any atom is -0.497 e. The van der Waals surface area contributed by atoms with Crippen LogP contribution in [0, 0.1) is 11.3 Å². The fourth-order valence-corrected chi connectivity index (χ4v) is 1.69. The van der Waals surface area contributed by atoms with Crippen molar-refractivity contribution >= 4 is 5.69 Å². The van der Waals surface area contributed by atoms with Crippen molar-refractivity contribution in [2.75, 3.05) is 12.4 Å². The molecule has 0 aliphatic rings. The lowest BCUT2D eigenvalue weighted by atomic mass is 10.2. The van der Waals surface area contributed by atoms with E-state index in [4.69, 9.17) is 14.4 Å². The van der Waals surface area contributed by atoms with E-state index in [1.807, 2.05) is 6.07 Å². The highest BCUT2D eigenvalue weighted by Gasteiger charge is 2.11. The average molecular weight is 294 g/mol. The van der Waals surface area contributed by atoms with Crippen LogP contribution in [0.3, 0.4) is 0 Å². The number of furan rings is 1. The third-order valence-electron chi connectivity index (χ3n) is 2.63. The van der Waals surface area contributed by atoms with Gasteiger partial charge in [-0.05, 0) is 24.3 Å². The molecule has 0 aliphatic carbocycles. The fraction of sp³-hybridized carbons (Fsp3) is 0.214. The van der Waals surface area contributed by atoms with Gasteiger partial charge < -0.3 is 19.2 Å². The summed E-state index contributed by atoms with van der Waals surface area (Å²) in [6.45, 7) is -2.71. The third kappa shape index (κ3) is 3.86. The van der Waals surface area contributed by atoms with Gasteiger partial charge in [0.05, 0.1) is 19.3 Å². The summed E-state index contributed by atoms with van der Waals surface area (Å²) in [6, 6.07) is 9.45. The van der Waals surface area contributed by atoms with E-state index in [9.17, 15) is 8.78 Å². The maximum atomic E-state index is 12.4. The number of hydrogen-bond donors (Lipinski definition) is 1. The number of rotatable bonds is 6. The summed E-state index contributed by atoms with van der Waals surface area (Å²) in [4.78, 5) is 0. The Bertz CT molecular complexity index is 650. The van der Waals surface area contributed by atoms with Crippen molar-refractivity contribution in [2.24, 2.45) is 0 Å². The SMILES string of the molecule is COc1ccc(OC(F)F)c(NCc2ccc(C#N)o2)c1. The minimum absolute atomic E-state index is 0.00198. The second-order valence-corrected chi connectivity index (χ2v) is 3.97. The molecule has 2 rings (SSSR count). The van der Waals surface area contributed by atoms with Crippen LogP contribution in [-0.4, -0.2) is 13.7 Å². The summed E-state index contributed by atoms with van der Waals surface area (Å²) in [7, 11) is 1.47. The predicted molar refractivity (Wildman–Crippen MR) is 70.4 cm³/mol. The second kappa shape index (κ2) is 6.61. The van der Waals surface area contributed by atoms with Gasteiger partial charge in [-0.15, -0.1) is 0 Å². The Morgan fingerprint density at radius 2 is 2.14 bits per heavy atom. The zero-order chi connectivity index (χ0) is 15.2. The monoisotopic (exact) mass is 294 g/mol. The van der Waals surface area contributed by atoms with Gasteiger partial charge in [-0.3, -0.25) is 0 Å². The maximum Gasteiger partial charge on any atom is 0.387 e. The largest absolute Gasteiger partial charge is 0.497 e. The van der Waals surface area contributed by atoms with Crippen molar-refractivity contribution in [3.05, 3.63) is 41.9 Å². The van der Waals surface area contributed by atoms with Crippen LogP contribution >= 0.6 is 0 Å². The molecule has 0 radical (unpaired) electrons. The van der Waals surface area contributed by atoms with E-state index in [1.54, 1.807) is 6.07 Å². The van der Waals surface area contributed by atoms with Crippen LogP contribution in [-0.2, 0) is 6.54 Å². The highest BCUT2D eigenvalue weighted by molar-refractivity contribution is 5.59. The van der Waals surface area contributed by atoms with Gasteiger partial charge in [0.25, 0.3) is 0 Å². The van der Waals surface area contributed by atoms with Gasteiger partial charge in [-0.1, -0.05) is 0 Å². The lowest BCUT2D eigenvalue weighted by molar-refractivity contribution is -0.0494. The molecule has 0 amide bonds. The molecule has 0 spiro atoms. The van der Waals surface area contributed by atoms with Crippen LogP contribution in [0.4, 0.5) is 14.5 Å². The molecule has 1 aromatic heterocycles. The van der Waals surface area contributed by atoms with Crippen molar-refractivity contribution < 1.29 is 22.7 Å². The molecule has 0 saturated heterocycles. The van der Waals surface area contributed by atoms with Crippen molar-refractivity contribution in [1.29, 1.82) is 5.26 Å². The van der Waals surface area contributed by atoms with Gasteiger partial charge in [0.2, 0.25) is 5.76 Å². The van der Waals surface area contributed by atoms with Crippen LogP contribution < -0.4 is 14.8 Å². The molecule has 0 unspecified atom stereocenters. The number of halogens is 2. The first-order valence-corrected chi connectivity index (χ1v) is 5.98. The molecule has 1 heterocycles. The number of anilines is 1. The molecule has 1 aromatic carbocycles. The summed E-state index contributed by atoms with van der Waals surface area (Å²) in [5, 5.41) is 11.6. The zero-order valence-corrected chi connectivity index (χ0v) is 11.1. The summed E-state index contributed by atoms with van der Waals surface area (Å²) in [5.74, 6) is 1.17. The smallest absolute Gasteiger partial charge is 0.387 e. The average Bonchev–Trinajstić information content (AvgIpc) is 2.93. The molecular weight excluding hydrogens is 282 g/mol. The van der Waals surface area contributed by atoms with Crippen LogP contribution in [0.1, 0.15) is 11.5 Å². The fourth-order valence-electron chi connectivity index (χ4n) is 1.69. The number of nitriles is 1. The van der Waals surface area contributed by atoms with E-state index in [1.165, 1.54) is 31.4 Å². The van der Waals surface area contributed by atoms with Crippen LogP contribution in [0.5, 0.6) is 11.5 Å². The lowest BCUT2D eigenvalue weighted by Crippen LogP contribution is -2.06. The molecule has 110 valence electrons. The highest BCUT2D eigenvalue weighted by atomic mass is 19.3. The van der Waals surface area contributed by atoms with Gasteiger partial charge in [-0.2, -0.15) is 14.0 Å². The molecule has 0 aliphatic heterocycles. The number of benzene rings is 1. The molecule has 2 aromatic rings. The Hall–Kier alpha value is -2.75. The van der Waals surface area contributed by atoms with Crippen molar-refractivity contribution in [1.82, 2.24) is 0 Å². The second-order valence-electron chi connectivity index (χ2n) is 3.97. The van der Waals surface area contributed by atoms with E-state index < -0.39 is 6.61 Å². The molecular formula is C14H12F2N2O3. The number of hydrogen-bond acceptors (Lipinski definition) is 5. The molecule has 21 heavy (non-hydrogen) atoms. The van der Waals surface area contributed by atoms with Crippen LogP contribution in [0.2, 0.25) is 0 Å². The van der Waals surface area contributed by atoms with Gasteiger partial charge in [0.1, 0.15) is 23.3 Å². The number of nitrogens with one attached hydrogen (secondary N) is 1. The van der Waals surface area contributed by atoms with E-state index in [-0.39, 0.29) is 18.1 Å². The number of ether oxygens (including phenoxy) is 2. The molecule has 5 nitrogen and oxygen atoms in total. The molecule has 0 bridgehead atoms. The van der Waals surface area contributed by atoms with Gasteiger partial charge >= 0.3 is 6.61 Å². The summed E-state index contributed by atoms with van der Waals surface area (Å²) in [5.41, 5.74) is 0.338. The van der Waals surface area contributed by atoms with Crippen LogP contribution in [0.25, 0.3) is 0 Å². The van der Waals surface area contributed by atoms with Crippen LogP contribution in [0.15, 0.2) is 34.7 Å². The molecule has 1 N–H and O–H groups in total. The van der Waals surface area contributed by atoms with Crippen molar-refractivity contribution in [3.8, 4) is 17.6 Å². The molecule has 0 saturated carbocycles. The highest BCUT2D eigenvalue weighted by Crippen LogP contribution is 2.30. The molecule has 0 fully saturated rings. The Morgan fingerprint density at radius 1 is 1.33 bits per heavy atom. The van der Waals surface area contributed by atoms with E-state index >= 15 is 0 Å². The van der Waals surface area contributed by atoms with Gasteiger partial charge in [0, 0.05) is 6.07 Å². The first-order chi connectivity index (χ1) is 10.1. The first kappa shape index (κ1) is 14.7. The Labute approximate surface area is 119 Å². The minimum atomic E-state index is -2.92. The molecule has 7 heteroatoms. The Balaban J connectivity index is 2.14. The number of methoxy groups -OCH3 is 1. The topological polar surface area (TPSA) is 67.4 Å². The van der Waals surface area contributed by atoms with Gasteiger partial charge in [0.15, 0.2) is 0 Å². The molecule has 0 atom stereocenters. The van der Waals surface area contributed by atoms with E-state index in [2.05, 4.69) is 10.1 Å². The third-order valence-corrected chi connectivity index (χ3v) is 2.63. The lowest BCUT2D eigenvalue weighted by Gasteiger charge is -2.13. The first-order valence-electron chi connectivity index (χ1n) is 5.98.